The van der Waals surface area contributed by atoms with Crippen LogP contribution in [-0.2, 0) is 11.2 Å². The molecule has 3 rings (SSSR count). The highest BCUT2D eigenvalue weighted by atomic mass is 16.5. The second kappa shape index (κ2) is 7.82. The van der Waals surface area contributed by atoms with Gasteiger partial charge in [0.1, 0.15) is 5.75 Å². The Kier molecular flexibility index (Phi) is 5.31. The molecule has 0 radical (unpaired) electrons. The molecule has 0 atom stereocenters. The van der Waals surface area contributed by atoms with E-state index in [2.05, 4.69) is 15.5 Å². The van der Waals surface area contributed by atoms with E-state index in [0.29, 0.717) is 12.5 Å². The number of hydrogen-bond acceptors (Lipinski definition) is 5. The molecule has 3 aromatic rings. The summed E-state index contributed by atoms with van der Waals surface area (Å²) in [6, 6.07) is 13.5. The third-order valence-electron chi connectivity index (χ3n) is 3.88. The lowest BCUT2D eigenvalue weighted by molar-refractivity contribution is -0.115. The topological polar surface area (TPSA) is 77.2 Å². The fourth-order valence-corrected chi connectivity index (χ4v) is 2.66. The van der Waals surface area contributed by atoms with Crippen LogP contribution in [0.4, 0.5) is 6.01 Å². The van der Waals surface area contributed by atoms with Crippen LogP contribution in [0.1, 0.15) is 23.6 Å². The summed E-state index contributed by atoms with van der Waals surface area (Å²) in [7, 11) is 0. The fourth-order valence-electron chi connectivity index (χ4n) is 2.66. The lowest BCUT2D eigenvalue weighted by atomic mass is 10.1. The summed E-state index contributed by atoms with van der Waals surface area (Å²) in [5, 5.41) is 10.6. The van der Waals surface area contributed by atoms with Crippen molar-refractivity contribution < 1.29 is 13.9 Å². The molecule has 1 amide bonds. The lowest BCUT2D eigenvalue weighted by Gasteiger charge is -2.05. The number of ether oxygens (including phenoxy) is 1. The Morgan fingerprint density at radius 3 is 2.58 bits per heavy atom. The first-order valence-electron chi connectivity index (χ1n) is 8.48. The van der Waals surface area contributed by atoms with Gasteiger partial charge in [0.25, 0.3) is 0 Å². The Hall–Kier alpha value is -3.15. The van der Waals surface area contributed by atoms with E-state index in [9.17, 15) is 4.79 Å². The zero-order chi connectivity index (χ0) is 18.5. The van der Waals surface area contributed by atoms with Crippen LogP contribution in [0, 0.1) is 13.8 Å². The summed E-state index contributed by atoms with van der Waals surface area (Å²) >= 11 is 0. The first kappa shape index (κ1) is 17.7. The SMILES string of the molecule is CCOc1ccc(CC(=O)Nc2nnc(-c3ccc(C)cc3C)o2)cc1. The minimum absolute atomic E-state index is 0.0934. The van der Waals surface area contributed by atoms with Crippen molar-refractivity contribution in [3.8, 4) is 17.2 Å². The number of carbonyl (C=O) groups excluding carboxylic acids is 1. The molecule has 0 fully saturated rings. The minimum atomic E-state index is -0.218. The van der Waals surface area contributed by atoms with Crippen LogP contribution in [0.3, 0.4) is 0 Å². The van der Waals surface area contributed by atoms with E-state index in [1.165, 1.54) is 0 Å². The Bertz CT molecular complexity index is 901. The molecule has 0 aliphatic carbocycles. The van der Waals surface area contributed by atoms with E-state index in [1.54, 1.807) is 0 Å². The van der Waals surface area contributed by atoms with Crippen LogP contribution in [0.15, 0.2) is 46.9 Å². The molecule has 26 heavy (non-hydrogen) atoms. The molecule has 0 spiro atoms. The Labute approximate surface area is 152 Å². The Morgan fingerprint density at radius 2 is 1.88 bits per heavy atom. The van der Waals surface area contributed by atoms with Crippen molar-refractivity contribution in [3.05, 3.63) is 59.2 Å². The highest BCUT2D eigenvalue weighted by molar-refractivity contribution is 5.90. The van der Waals surface area contributed by atoms with Crippen LogP contribution in [0.2, 0.25) is 0 Å². The predicted molar refractivity (Wildman–Crippen MR) is 99.2 cm³/mol. The van der Waals surface area contributed by atoms with E-state index < -0.39 is 0 Å². The number of carbonyl (C=O) groups is 1. The van der Waals surface area contributed by atoms with E-state index in [1.807, 2.05) is 63.2 Å². The van der Waals surface area contributed by atoms with Crippen molar-refractivity contribution >= 4 is 11.9 Å². The van der Waals surface area contributed by atoms with Crippen LogP contribution in [-0.4, -0.2) is 22.7 Å². The summed E-state index contributed by atoms with van der Waals surface area (Å²) in [6.45, 7) is 6.55. The van der Waals surface area contributed by atoms with Gasteiger partial charge in [0, 0.05) is 5.56 Å². The molecule has 1 aromatic heterocycles. The van der Waals surface area contributed by atoms with Gasteiger partial charge in [0.05, 0.1) is 13.0 Å². The van der Waals surface area contributed by atoms with Gasteiger partial charge in [-0.3, -0.25) is 10.1 Å². The summed E-state index contributed by atoms with van der Waals surface area (Å²) in [6.07, 6.45) is 0.216. The smallest absolute Gasteiger partial charge is 0.322 e. The zero-order valence-electron chi connectivity index (χ0n) is 15.1. The molecule has 1 N–H and O–H groups in total. The maximum absolute atomic E-state index is 12.2. The van der Waals surface area contributed by atoms with E-state index >= 15 is 0 Å². The average Bonchev–Trinajstić information content (AvgIpc) is 3.05. The molecule has 6 heteroatoms. The van der Waals surface area contributed by atoms with E-state index in [0.717, 1.165) is 28.0 Å². The second-order valence-corrected chi connectivity index (χ2v) is 6.03. The average molecular weight is 351 g/mol. The summed E-state index contributed by atoms with van der Waals surface area (Å²) in [5.41, 5.74) is 3.94. The largest absolute Gasteiger partial charge is 0.494 e. The van der Waals surface area contributed by atoms with Crippen molar-refractivity contribution in [2.75, 3.05) is 11.9 Å². The van der Waals surface area contributed by atoms with Gasteiger partial charge in [0.2, 0.25) is 11.8 Å². The standard InChI is InChI=1S/C20H21N3O3/c1-4-25-16-8-6-15(7-9-16)12-18(24)21-20-23-22-19(26-20)17-10-5-13(2)11-14(17)3/h5-11H,4,12H2,1-3H3,(H,21,23,24). The molecule has 0 unspecified atom stereocenters. The molecule has 0 bridgehead atoms. The van der Waals surface area contributed by atoms with Gasteiger partial charge >= 0.3 is 6.01 Å². The van der Waals surface area contributed by atoms with Crippen molar-refractivity contribution in [2.45, 2.75) is 27.2 Å². The molecular weight excluding hydrogens is 330 g/mol. The van der Waals surface area contributed by atoms with Crippen molar-refractivity contribution in [1.29, 1.82) is 0 Å². The minimum Gasteiger partial charge on any atom is -0.494 e. The first-order valence-corrected chi connectivity index (χ1v) is 8.48. The number of benzene rings is 2. The zero-order valence-corrected chi connectivity index (χ0v) is 15.1. The number of aryl methyl sites for hydroxylation is 2. The van der Waals surface area contributed by atoms with Gasteiger partial charge in [-0.2, -0.15) is 0 Å². The Balaban J connectivity index is 1.64. The number of hydrogen-bond donors (Lipinski definition) is 1. The van der Waals surface area contributed by atoms with Gasteiger partial charge in [0.15, 0.2) is 0 Å². The number of aromatic nitrogens is 2. The van der Waals surface area contributed by atoms with Crippen molar-refractivity contribution in [3.63, 3.8) is 0 Å². The molecule has 2 aromatic carbocycles. The van der Waals surface area contributed by atoms with Crippen LogP contribution in [0.25, 0.3) is 11.5 Å². The van der Waals surface area contributed by atoms with Crippen LogP contribution >= 0.6 is 0 Å². The summed E-state index contributed by atoms with van der Waals surface area (Å²) in [4.78, 5) is 12.2. The molecule has 0 saturated carbocycles. The van der Waals surface area contributed by atoms with Gasteiger partial charge in [-0.1, -0.05) is 34.9 Å². The first-order chi connectivity index (χ1) is 12.5. The third-order valence-corrected chi connectivity index (χ3v) is 3.88. The summed E-state index contributed by atoms with van der Waals surface area (Å²) in [5.74, 6) is 0.954. The van der Waals surface area contributed by atoms with Crippen LogP contribution < -0.4 is 10.1 Å². The molecular formula is C20H21N3O3. The predicted octanol–water partition coefficient (Wildman–Crippen LogP) is 3.93. The molecule has 1 heterocycles. The summed E-state index contributed by atoms with van der Waals surface area (Å²) < 4.78 is 11.0. The molecule has 0 aliphatic rings. The molecule has 0 aliphatic heterocycles. The molecule has 6 nitrogen and oxygen atoms in total. The maximum atomic E-state index is 12.2. The number of anilines is 1. The third kappa shape index (κ3) is 4.27. The highest BCUT2D eigenvalue weighted by Gasteiger charge is 2.13. The molecule has 134 valence electrons. The number of rotatable bonds is 6. The van der Waals surface area contributed by atoms with Gasteiger partial charge < -0.3 is 9.15 Å². The van der Waals surface area contributed by atoms with Gasteiger partial charge in [-0.15, -0.1) is 5.10 Å². The quantitative estimate of drug-likeness (QED) is 0.728. The van der Waals surface area contributed by atoms with Crippen molar-refractivity contribution in [1.82, 2.24) is 10.2 Å². The monoisotopic (exact) mass is 351 g/mol. The highest BCUT2D eigenvalue weighted by Crippen LogP contribution is 2.24. The number of amides is 1. The Morgan fingerprint density at radius 1 is 1.12 bits per heavy atom. The van der Waals surface area contributed by atoms with E-state index in [4.69, 9.17) is 9.15 Å². The number of nitrogens with one attached hydrogen (secondary N) is 1. The lowest BCUT2D eigenvalue weighted by Crippen LogP contribution is -2.14. The molecule has 0 saturated heterocycles. The van der Waals surface area contributed by atoms with Gasteiger partial charge in [-0.25, -0.2) is 0 Å². The van der Waals surface area contributed by atoms with Gasteiger partial charge in [-0.05, 0) is 50.1 Å². The second-order valence-electron chi connectivity index (χ2n) is 6.03. The normalized spacial score (nSPS) is 10.6. The fraction of sp³-hybridized carbons (Fsp3) is 0.250. The number of nitrogens with zero attached hydrogens (tertiary/aromatic N) is 2. The van der Waals surface area contributed by atoms with E-state index in [-0.39, 0.29) is 18.3 Å². The van der Waals surface area contributed by atoms with Crippen LogP contribution in [0.5, 0.6) is 5.75 Å². The van der Waals surface area contributed by atoms with Crippen molar-refractivity contribution in [2.24, 2.45) is 0 Å². The maximum Gasteiger partial charge on any atom is 0.322 e.